The quantitative estimate of drug-likeness (QED) is 0.727. The first-order chi connectivity index (χ1) is 14.6. The summed E-state index contributed by atoms with van der Waals surface area (Å²) in [6.45, 7) is 1.75. The molecule has 1 aromatic carbocycles. The molecule has 1 unspecified atom stereocenters. The molecular formula is C22H21ClF2N4OS. The SMILES string of the molecule is CN(C)C(=O)C12C[C@H]1[C@@](C)(c1cc(/C(F)=C/c3ccc(Cl)cn3)ccc1F)N=C(N)S2. The van der Waals surface area contributed by atoms with Crippen LogP contribution in [0.3, 0.4) is 0 Å². The van der Waals surface area contributed by atoms with E-state index >= 15 is 0 Å². The van der Waals surface area contributed by atoms with Crippen molar-refractivity contribution in [1.29, 1.82) is 0 Å². The van der Waals surface area contributed by atoms with Crippen LogP contribution in [0.15, 0.2) is 41.5 Å². The predicted molar refractivity (Wildman–Crippen MR) is 121 cm³/mol. The van der Waals surface area contributed by atoms with E-state index in [9.17, 15) is 13.6 Å². The molecule has 9 heteroatoms. The third-order valence-corrected chi connectivity index (χ3v) is 7.31. The Labute approximate surface area is 188 Å². The molecule has 2 heterocycles. The molecule has 2 N–H and O–H groups in total. The molecule has 2 aromatic rings. The number of thioether (sulfide) groups is 1. The summed E-state index contributed by atoms with van der Waals surface area (Å²) in [4.78, 5) is 22.9. The number of rotatable bonds is 4. The highest BCUT2D eigenvalue weighted by atomic mass is 35.5. The van der Waals surface area contributed by atoms with Crippen molar-refractivity contribution in [2.75, 3.05) is 14.1 Å². The van der Waals surface area contributed by atoms with E-state index in [1.165, 1.54) is 47.1 Å². The minimum absolute atomic E-state index is 0.0805. The number of amidine groups is 1. The van der Waals surface area contributed by atoms with E-state index in [2.05, 4.69) is 9.98 Å². The van der Waals surface area contributed by atoms with Gasteiger partial charge in [0.15, 0.2) is 5.17 Å². The van der Waals surface area contributed by atoms with E-state index in [-0.39, 0.29) is 28.1 Å². The molecule has 162 valence electrons. The molecule has 1 amide bonds. The van der Waals surface area contributed by atoms with E-state index in [4.69, 9.17) is 17.3 Å². The topological polar surface area (TPSA) is 71.6 Å². The molecule has 1 aliphatic heterocycles. The summed E-state index contributed by atoms with van der Waals surface area (Å²) in [5.74, 6) is -1.43. The molecule has 2 aliphatic rings. The number of nitrogens with two attached hydrogens (primary N) is 1. The third-order valence-electron chi connectivity index (χ3n) is 5.80. The zero-order valence-corrected chi connectivity index (χ0v) is 18.8. The van der Waals surface area contributed by atoms with Crippen molar-refractivity contribution in [3.8, 4) is 0 Å². The first-order valence-electron chi connectivity index (χ1n) is 9.62. The van der Waals surface area contributed by atoms with Gasteiger partial charge in [-0.2, -0.15) is 0 Å². The Morgan fingerprint density at radius 1 is 1.35 bits per heavy atom. The second-order valence-corrected chi connectivity index (χ2v) is 9.92. The van der Waals surface area contributed by atoms with Crippen molar-refractivity contribution < 1.29 is 13.6 Å². The number of carbonyl (C=O) groups excluding carboxylic acids is 1. The standard InChI is InChI=1S/C22H21ClF2N4OS/c1-21(18-10-22(18,19(30)29(2)3)31-20(26)28-21)15-8-12(4-7-16(15)24)17(25)9-14-6-5-13(23)11-27-14/h4-9,11,18H,10H2,1-3H3,(H2,26,28)/b17-9-/t18-,21+,22?/m0/s1. The summed E-state index contributed by atoms with van der Waals surface area (Å²) in [6, 6.07) is 7.20. The fourth-order valence-corrected chi connectivity index (χ4v) is 5.79. The summed E-state index contributed by atoms with van der Waals surface area (Å²) in [7, 11) is 3.36. The number of amides is 1. The van der Waals surface area contributed by atoms with E-state index < -0.39 is 21.9 Å². The van der Waals surface area contributed by atoms with Gasteiger partial charge in [0.1, 0.15) is 16.4 Å². The predicted octanol–water partition coefficient (Wildman–Crippen LogP) is 4.47. The maximum atomic E-state index is 15.0. The lowest BCUT2D eigenvalue weighted by molar-refractivity contribution is -0.129. The maximum Gasteiger partial charge on any atom is 0.239 e. The first kappa shape index (κ1) is 21.8. The number of hydrogen-bond acceptors (Lipinski definition) is 5. The van der Waals surface area contributed by atoms with Crippen molar-refractivity contribution >= 4 is 46.3 Å². The Morgan fingerprint density at radius 3 is 2.74 bits per heavy atom. The number of hydrogen-bond donors (Lipinski definition) is 1. The normalized spacial score (nSPS) is 27.4. The largest absolute Gasteiger partial charge is 0.378 e. The fourth-order valence-electron chi connectivity index (χ4n) is 4.18. The van der Waals surface area contributed by atoms with Crippen molar-refractivity contribution in [2.45, 2.75) is 23.6 Å². The summed E-state index contributed by atoms with van der Waals surface area (Å²) in [5.41, 5.74) is 5.76. The Hall–Kier alpha value is -2.45. The van der Waals surface area contributed by atoms with Gasteiger partial charge in [-0.25, -0.2) is 8.78 Å². The molecule has 1 fully saturated rings. The van der Waals surface area contributed by atoms with Gasteiger partial charge in [0.25, 0.3) is 0 Å². The van der Waals surface area contributed by atoms with E-state index in [1.54, 1.807) is 33.2 Å². The van der Waals surface area contributed by atoms with Gasteiger partial charge in [0, 0.05) is 43.4 Å². The maximum absolute atomic E-state index is 15.0. The molecule has 0 saturated heterocycles. The van der Waals surface area contributed by atoms with Gasteiger partial charge in [-0.05, 0) is 43.7 Å². The van der Waals surface area contributed by atoms with Crippen LogP contribution < -0.4 is 5.73 Å². The lowest BCUT2D eigenvalue weighted by Gasteiger charge is -2.34. The highest BCUT2D eigenvalue weighted by Gasteiger charge is 2.71. The Morgan fingerprint density at radius 2 is 2.10 bits per heavy atom. The molecule has 0 bridgehead atoms. The minimum Gasteiger partial charge on any atom is -0.378 e. The number of fused-ring (bicyclic) bond motifs is 1. The molecule has 4 rings (SSSR count). The first-order valence-corrected chi connectivity index (χ1v) is 10.8. The number of nitrogens with zero attached hydrogens (tertiary/aromatic N) is 3. The van der Waals surface area contributed by atoms with Gasteiger partial charge >= 0.3 is 0 Å². The number of aromatic nitrogens is 1. The van der Waals surface area contributed by atoms with Crippen LogP contribution in [0.2, 0.25) is 5.02 Å². The van der Waals surface area contributed by atoms with Crippen LogP contribution in [0.4, 0.5) is 8.78 Å². The summed E-state index contributed by atoms with van der Waals surface area (Å²) >= 11 is 7.04. The van der Waals surface area contributed by atoms with Gasteiger partial charge in [-0.3, -0.25) is 14.8 Å². The molecule has 0 radical (unpaired) electrons. The van der Waals surface area contributed by atoms with Gasteiger partial charge in [0.2, 0.25) is 5.91 Å². The smallest absolute Gasteiger partial charge is 0.239 e. The fraction of sp³-hybridized carbons (Fsp3) is 0.318. The van der Waals surface area contributed by atoms with Gasteiger partial charge < -0.3 is 10.6 Å². The average molecular weight is 463 g/mol. The number of benzene rings is 1. The molecule has 1 aromatic heterocycles. The average Bonchev–Trinajstić information content (AvgIpc) is 3.45. The summed E-state index contributed by atoms with van der Waals surface area (Å²) in [6.07, 6.45) is 3.19. The molecule has 1 saturated carbocycles. The van der Waals surface area contributed by atoms with Gasteiger partial charge in [-0.15, -0.1) is 0 Å². The van der Waals surface area contributed by atoms with Crippen LogP contribution in [-0.2, 0) is 10.3 Å². The van der Waals surface area contributed by atoms with Crippen molar-refractivity contribution in [3.63, 3.8) is 0 Å². The van der Waals surface area contributed by atoms with E-state index in [0.717, 1.165) is 0 Å². The molecule has 5 nitrogen and oxygen atoms in total. The Kier molecular flexibility index (Phi) is 5.34. The van der Waals surface area contributed by atoms with E-state index in [0.29, 0.717) is 17.1 Å². The lowest BCUT2D eigenvalue weighted by Crippen LogP contribution is -2.43. The van der Waals surface area contributed by atoms with Crippen LogP contribution in [0.25, 0.3) is 11.9 Å². The molecular weight excluding hydrogens is 442 g/mol. The zero-order valence-electron chi connectivity index (χ0n) is 17.2. The summed E-state index contributed by atoms with van der Waals surface area (Å²) < 4.78 is 29.1. The molecule has 3 atom stereocenters. The Bertz CT molecular complexity index is 1120. The number of halogens is 3. The number of carbonyl (C=O) groups is 1. The highest BCUT2D eigenvalue weighted by Crippen LogP contribution is 2.66. The van der Waals surface area contributed by atoms with Crippen LogP contribution in [0.1, 0.15) is 30.2 Å². The van der Waals surface area contributed by atoms with E-state index in [1.807, 2.05) is 0 Å². The zero-order chi connectivity index (χ0) is 22.6. The van der Waals surface area contributed by atoms with Gasteiger partial charge in [0.05, 0.1) is 16.3 Å². The Balaban J connectivity index is 1.74. The van der Waals surface area contributed by atoms with Crippen LogP contribution in [0, 0.1) is 11.7 Å². The molecule has 31 heavy (non-hydrogen) atoms. The molecule has 1 aliphatic carbocycles. The van der Waals surface area contributed by atoms with Crippen LogP contribution in [0.5, 0.6) is 0 Å². The van der Waals surface area contributed by atoms with Crippen molar-refractivity contribution in [3.05, 3.63) is 64.2 Å². The lowest BCUT2D eigenvalue weighted by atomic mass is 9.84. The third kappa shape index (κ3) is 3.72. The second kappa shape index (κ2) is 7.60. The molecule has 0 spiro atoms. The van der Waals surface area contributed by atoms with Crippen molar-refractivity contribution in [1.82, 2.24) is 9.88 Å². The van der Waals surface area contributed by atoms with Gasteiger partial charge in [-0.1, -0.05) is 23.4 Å². The second-order valence-electron chi connectivity index (χ2n) is 8.13. The van der Waals surface area contributed by atoms with Crippen molar-refractivity contribution in [2.24, 2.45) is 16.6 Å². The number of pyridine rings is 1. The minimum atomic E-state index is -1.08. The van der Waals surface area contributed by atoms with Crippen LogP contribution in [-0.4, -0.2) is 39.8 Å². The highest BCUT2D eigenvalue weighted by molar-refractivity contribution is 8.15. The monoisotopic (exact) mass is 462 g/mol. The van der Waals surface area contributed by atoms with Crippen LogP contribution >= 0.6 is 23.4 Å². The number of aliphatic imine (C=N–C) groups is 1. The summed E-state index contributed by atoms with van der Waals surface area (Å²) in [5, 5.41) is 0.665.